The quantitative estimate of drug-likeness (QED) is 0.746. The van der Waals surface area contributed by atoms with Gasteiger partial charge in [-0.05, 0) is 18.2 Å². The third-order valence-electron chi connectivity index (χ3n) is 3.67. The van der Waals surface area contributed by atoms with Crippen LogP contribution in [0.3, 0.4) is 0 Å². The zero-order valence-electron chi connectivity index (χ0n) is 14.0. The first-order valence-corrected chi connectivity index (χ1v) is 7.56. The maximum absolute atomic E-state index is 13.3. The van der Waals surface area contributed by atoms with Gasteiger partial charge < -0.3 is 10.0 Å². The molecule has 2 aromatic rings. The Bertz CT molecular complexity index is 952. The molecule has 0 aliphatic carbocycles. The van der Waals surface area contributed by atoms with Crippen molar-refractivity contribution in [3.05, 3.63) is 45.7 Å². The molecular weight excluding hydrogens is 420 g/mol. The summed E-state index contributed by atoms with van der Waals surface area (Å²) in [5.74, 6) is -2.94. The number of carbonyl (C=O) groups excluding carboxylic acids is 1. The van der Waals surface area contributed by atoms with Crippen LogP contribution in [0.5, 0.6) is 0 Å². The van der Waals surface area contributed by atoms with Crippen molar-refractivity contribution in [1.29, 1.82) is 0 Å². The lowest BCUT2D eigenvalue weighted by Crippen LogP contribution is -2.31. The van der Waals surface area contributed by atoms with Crippen LogP contribution in [-0.2, 0) is 19.4 Å². The van der Waals surface area contributed by atoms with E-state index in [0.717, 1.165) is 32.3 Å². The van der Waals surface area contributed by atoms with Gasteiger partial charge in [-0.1, -0.05) is 11.6 Å². The second kappa shape index (κ2) is 7.00. The summed E-state index contributed by atoms with van der Waals surface area (Å²) in [4.78, 5) is 24.2. The molecule has 152 valence electrons. The summed E-state index contributed by atoms with van der Waals surface area (Å²) in [5.41, 5.74) is -6.48. The van der Waals surface area contributed by atoms with E-state index in [0.29, 0.717) is 4.90 Å². The smallest absolute Gasteiger partial charge is 0.435 e. The number of hydrogen-bond donors (Lipinski definition) is 1. The van der Waals surface area contributed by atoms with Gasteiger partial charge in [0.2, 0.25) is 0 Å². The molecule has 1 amide bonds. The van der Waals surface area contributed by atoms with Gasteiger partial charge in [-0.2, -0.15) is 31.4 Å². The van der Waals surface area contributed by atoms with Crippen molar-refractivity contribution >= 4 is 29.2 Å². The Balaban J connectivity index is 2.63. The molecule has 13 heteroatoms. The molecule has 28 heavy (non-hydrogen) atoms. The fraction of sp³-hybridized carbons (Fsp3) is 0.267. The van der Waals surface area contributed by atoms with Gasteiger partial charge in [0.25, 0.3) is 5.91 Å². The Hall–Kier alpha value is -2.76. The molecule has 0 aliphatic rings. The number of carboxylic acids is 1. The van der Waals surface area contributed by atoms with Crippen molar-refractivity contribution in [3.63, 3.8) is 0 Å². The van der Waals surface area contributed by atoms with E-state index in [1.165, 1.54) is 0 Å². The summed E-state index contributed by atoms with van der Waals surface area (Å²) >= 11 is 5.68. The number of halogens is 7. The van der Waals surface area contributed by atoms with Crippen molar-refractivity contribution in [2.24, 2.45) is 7.05 Å². The van der Waals surface area contributed by atoms with Crippen LogP contribution in [0, 0.1) is 0 Å². The zero-order chi connectivity index (χ0) is 21.6. The largest absolute Gasteiger partial charge is 0.478 e. The standard InChI is InChI=1S/C15H10ClF6N3O3/c1-24(6-3-4-8(16)7(5-6)13(27)28)12(26)10-9(14(17,18)19)11(15(20,21)22)23-25(10)2/h3-5H,1-2H3,(H,27,28). The van der Waals surface area contributed by atoms with Gasteiger partial charge in [0.15, 0.2) is 5.69 Å². The number of hydrogen-bond acceptors (Lipinski definition) is 3. The monoisotopic (exact) mass is 429 g/mol. The van der Waals surface area contributed by atoms with Gasteiger partial charge >= 0.3 is 18.3 Å². The second-order valence-electron chi connectivity index (χ2n) is 5.52. The lowest BCUT2D eigenvalue weighted by atomic mass is 10.1. The van der Waals surface area contributed by atoms with E-state index in [-0.39, 0.29) is 15.4 Å². The predicted molar refractivity (Wildman–Crippen MR) is 84.4 cm³/mol. The van der Waals surface area contributed by atoms with Crippen LogP contribution in [0.1, 0.15) is 32.1 Å². The van der Waals surface area contributed by atoms with Gasteiger partial charge in [0, 0.05) is 19.8 Å². The molecule has 0 saturated carbocycles. The van der Waals surface area contributed by atoms with Crippen molar-refractivity contribution in [2.45, 2.75) is 12.4 Å². The number of amides is 1. The number of carboxylic acid groups (broad SMARTS) is 1. The molecule has 1 heterocycles. The number of carbonyl (C=O) groups is 2. The number of aryl methyl sites for hydroxylation is 1. The normalized spacial score (nSPS) is 12.2. The molecule has 0 bridgehead atoms. The van der Waals surface area contributed by atoms with Crippen LogP contribution in [0.4, 0.5) is 32.0 Å². The summed E-state index contributed by atoms with van der Waals surface area (Å²) in [6.07, 6.45) is -11.0. The minimum atomic E-state index is -5.52. The maximum Gasteiger partial charge on any atom is 0.435 e. The first-order valence-electron chi connectivity index (χ1n) is 7.18. The van der Waals surface area contributed by atoms with E-state index in [4.69, 9.17) is 16.7 Å². The second-order valence-corrected chi connectivity index (χ2v) is 5.93. The summed E-state index contributed by atoms with van der Waals surface area (Å²) in [5, 5.41) is 11.7. The molecule has 1 aromatic heterocycles. The number of aromatic nitrogens is 2. The number of alkyl halides is 6. The summed E-state index contributed by atoms with van der Waals surface area (Å²) in [7, 11) is 1.73. The highest BCUT2D eigenvalue weighted by Gasteiger charge is 2.50. The van der Waals surface area contributed by atoms with Crippen molar-refractivity contribution in [3.8, 4) is 0 Å². The van der Waals surface area contributed by atoms with Crippen LogP contribution in [0.15, 0.2) is 18.2 Å². The first kappa shape index (κ1) is 21.5. The van der Waals surface area contributed by atoms with Crippen LogP contribution in [0.25, 0.3) is 0 Å². The molecule has 0 radical (unpaired) electrons. The van der Waals surface area contributed by atoms with Crippen LogP contribution in [-0.4, -0.2) is 33.8 Å². The van der Waals surface area contributed by atoms with E-state index < -0.39 is 46.7 Å². The number of benzene rings is 1. The van der Waals surface area contributed by atoms with Gasteiger partial charge in [0.05, 0.1) is 10.6 Å². The van der Waals surface area contributed by atoms with E-state index >= 15 is 0 Å². The van der Waals surface area contributed by atoms with Crippen molar-refractivity contribution < 1.29 is 41.0 Å². The highest BCUT2D eigenvalue weighted by molar-refractivity contribution is 6.33. The van der Waals surface area contributed by atoms with Gasteiger partial charge in [-0.25, -0.2) is 4.79 Å². The highest BCUT2D eigenvalue weighted by atomic mass is 35.5. The Labute approximate surface area is 157 Å². The molecule has 0 aliphatic heterocycles. The third kappa shape index (κ3) is 3.91. The van der Waals surface area contributed by atoms with E-state index in [1.54, 1.807) is 0 Å². The molecule has 0 atom stereocenters. The summed E-state index contributed by atoms with van der Waals surface area (Å²) < 4.78 is 78.9. The SMILES string of the molecule is CN(C(=O)c1c(C(F)(F)F)c(C(F)(F)F)nn1C)c1ccc(Cl)c(C(=O)O)c1. The molecule has 0 fully saturated rings. The molecule has 2 rings (SSSR count). The average Bonchev–Trinajstić information content (AvgIpc) is 2.91. The Kier molecular flexibility index (Phi) is 5.39. The molecule has 1 N–H and O–H groups in total. The lowest BCUT2D eigenvalue weighted by molar-refractivity contribution is -0.164. The highest BCUT2D eigenvalue weighted by Crippen LogP contribution is 2.42. The van der Waals surface area contributed by atoms with Gasteiger partial charge in [-0.3, -0.25) is 9.48 Å². The van der Waals surface area contributed by atoms with Crippen LogP contribution in [0.2, 0.25) is 5.02 Å². The van der Waals surface area contributed by atoms with E-state index in [1.807, 2.05) is 0 Å². The fourth-order valence-corrected chi connectivity index (χ4v) is 2.60. The molecule has 0 unspecified atom stereocenters. The Morgan fingerprint density at radius 3 is 2.18 bits per heavy atom. The van der Waals surface area contributed by atoms with Crippen LogP contribution < -0.4 is 4.90 Å². The Morgan fingerprint density at radius 1 is 1.14 bits per heavy atom. The molecule has 0 spiro atoms. The number of aromatic carboxylic acids is 1. The molecule has 1 aromatic carbocycles. The number of anilines is 1. The fourth-order valence-electron chi connectivity index (χ4n) is 2.40. The average molecular weight is 430 g/mol. The summed E-state index contributed by atoms with van der Waals surface area (Å²) in [6.45, 7) is 0. The minimum absolute atomic E-state index is 0.179. The third-order valence-corrected chi connectivity index (χ3v) is 4.00. The Morgan fingerprint density at radius 2 is 1.71 bits per heavy atom. The minimum Gasteiger partial charge on any atom is -0.478 e. The molecule has 6 nitrogen and oxygen atoms in total. The lowest BCUT2D eigenvalue weighted by Gasteiger charge is -2.20. The topological polar surface area (TPSA) is 75.4 Å². The summed E-state index contributed by atoms with van der Waals surface area (Å²) in [6, 6.07) is 3.11. The molecular formula is C15H10ClF6N3O3. The van der Waals surface area contributed by atoms with Crippen molar-refractivity contribution in [2.75, 3.05) is 11.9 Å². The maximum atomic E-state index is 13.3. The molecule has 0 saturated heterocycles. The number of nitrogens with zero attached hydrogens (tertiary/aromatic N) is 3. The van der Waals surface area contributed by atoms with Gasteiger partial charge in [0.1, 0.15) is 11.3 Å². The first-order chi connectivity index (χ1) is 12.7. The van der Waals surface area contributed by atoms with Gasteiger partial charge in [-0.15, -0.1) is 0 Å². The number of rotatable bonds is 3. The van der Waals surface area contributed by atoms with Crippen molar-refractivity contribution in [1.82, 2.24) is 9.78 Å². The predicted octanol–water partition coefficient (Wildman–Crippen LogP) is 4.09. The van der Waals surface area contributed by atoms with E-state index in [2.05, 4.69) is 5.10 Å². The van der Waals surface area contributed by atoms with Crippen LogP contribution >= 0.6 is 11.6 Å². The van der Waals surface area contributed by atoms with E-state index in [9.17, 15) is 35.9 Å². The zero-order valence-corrected chi connectivity index (χ0v) is 14.7.